The molecule has 1 aromatic carbocycles. The number of rotatable bonds is 5. The molecule has 0 spiro atoms. The van der Waals surface area contributed by atoms with Crippen LogP contribution in [-0.2, 0) is 16.0 Å². The van der Waals surface area contributed by atoms with Crippen LogP contribution in [0.1, 0.15) is 45.6 Å². The van der Waals surface area contributed by atoms with Crippen molar-refractivity contribution in [2.45, 2.75) is 46.5 Å². The van der Waals surface area contributed by atoms with E-state index in [0.717, 1.165) is 57.5 Å². The highest BCUT2D eigenvalue weighted by Crippen LogP contribution is 2.22. The van der Waals surface area contributed by atoms with Crippen molar-refractivity contribution in [2.24, 2.45) is 11.3 Å². The zero-order valence-electron chi connectivity index (χ0n) is 18.7. The SMILES string of the molecule is CC(C)(C)CCN1CCN(C(=O)C2CCCN(C(=O)Cc3ccc(F)cc3)C2)CC1. The standard InChI is InChI=1S/C24H36FN3O2/c1-24(2,3)10-12-26-13-15-27(16-14-26)23(30)20-5-4-11-28(18-20)22(29)17-19-6-8-21(25)9-7-19/h6-9,20H,4-5,10-18H2,1-3H3. The van der Waals surface area contributed by atoms with Gasteiger partial charge in [0.25, 0.3) is 0 Å². The molecule has 0 N–H and O–H groups in total. The molecule has 0 radical (unpaired) electrons. The van der Waals surface area contributed by atoms with Crippen molar-refractivity contribution >= 4 is 11.8 Å². The summed E-state index contributed by atoms with van der Waals surface area (Å²) in [5.41, 5.74) is 1.14. The minimum absolute atomic E-state index is 0.0195. The Morgan fingerprint density at radius 3 is 2.30 bits per heavy atom. The normalized spacial score (nSPS) is 21.0. The van der Waals surface area contributed by atoms with Crippen LogP contribution in [0.4, 0.5) is 4.39 Å². The number of carbonyl (C=O) groups is 2. The lowest BCUT2D eigenvalue weighted by molar-refractivity contribution is -0.142. The van der Waals surface area contributed by atoms with Gasteiger partial charge in [-0.1, -0.05) is 32.9 Å². The van der Waals surface area contributed by atoms with Crippen LogP contribution in [0.3, 0.4) is 0 Å². The summed E-state index contributed by atoms with van der Waals surface area (Å²) in [7, 11) is 0. The number of piperazine rings is 1. The van der Waals surface area contributed by atoms with Gasteiger partial charge in [-0.2, -0.15) is 0 Å². The Bertz CT molecular complexity index is 721. The molecule has 3 rings (SSSR count). The first kappa shape index (κ1) is 22.7. The van der Waals surface area contributed by atoms with E-state index in [0.29, 0.717) is 18.5 Å². The molecule has 2 amide bonds. The van der Waals surface area contributed by atoms with Crippen molar-refractivity contribution in [3.8, 4) is 0 Å². The molecule has 2 saturated heterocycles. The Balaban J connectivity index is 1.47. The fraction of sp³-hybridized carbons (Fsp3) is 0.667. The van der Waals surface area contributed by atoms with Crippen LogP contribution in [0.15, 0.2) is 24.3 Å². The Morgan fingerprint density at radius 2 is 1.67 bits per heavy atom. The second-order valence-electron chi connectivity index (χ2n) is 9.96. The van der Waals surface area contributed by atoms with Crippen LogP contribution in [0.25, 0.3) is 0 Å². The van der Waals surface area contributed by atoms with Crippen molar-refractivity contribution < 1.29 is 14.0 Å². The molecular formula is C24H36FN3O2. The maximum absolute atomic E-state index is 13.1. The zero-order chi connectivity index (χ0) is 21.7. The summed E-state index contributed by atoms with van der Waals surface area (Å²) >= 11 is 0. The van der Waals surface area contributed by atoms with Gasteiger partial charge in [0.05, 0.1) is 12.3 Å². The lowest BCUT2D eigenvalue weighted by Crippen LogP contribution is -2.53. The van der Waals surface area contributed by atoms with Crippen molar-refractivity contribution in [1.29, 1.82) is 0 Å². The summed E-state index contributed by atoms with van der Waals surface area (Å²) < 4.78 is 13.1. The molecule has 2 aliphatic rings. The van der Waals surface area contributed by atoms with E-state index in [1.165, 1.54) is 12.1 Å². The lowest BCUT2D eigenvalue weighted by Gasteiger charge is -2.39. The molecule has 2 fully saturated rings. The van der Waals surface area contributed by atoms with Gasteiger partial charge in [-0.3, -0.25) is 14.5 Å². The first-order chi connectivity index (χ1) is 14.2. The summed E-state index contributed by atoms with van der Waals surface area (Å²) in [4.78, 5) is 32.0. The van der Waals surface area contributed by atoms with E-state index in [4.69, 9.17) is 0 Å². The maximum atomic E-state index is 13.1. The molecule has 0 bridgehead atoms. The van der Waals surface area contributed by atoms with Crippen LogP contribution in [0.2, 0.25) is 0 Å². The van der Waals surface area contributed by atoms with Gasteiger partial charge in [0.15, 0.2) is 0 Å². The monoisotopic (exact) mass is 417 g/mol. The van der Waals surface area contributed by atoms with E-state index in [1.807, 2.05) is 9.80 Å². The quantitative estimate of drug-likeness (QED) is 0.739. The summed E-state index contributed by atoms with van der Waals surface area (Å²) in [5, 5.41) is 0. The van der Waals surface area contributed by atoms with E-state index < -0.39 is 0 Å². The maximum Gasteiger partial charge on any atom is 0.227 e. The van der Waals surface area contributed by atoms with Crippen LogP contribution >= 0.6 is 0 Å². The van der Waals surface area contributed by atoms with Crippen molar-refractivity contribution in [3.05, 3.63) is 35.6 Å². The molecule has 30 heavy (non-hydrogen) atoms. The fourth-order valence-electron chi connectivity index (χ4n) is 4.24. The van der Waals surface area contributed by atoms with Crippen LogP contribution in [0, 0.1) is 17.2 Å². The first-order valence-corrected chi connectivity index (χ1v) is 11.2. The molecular weight excluding hydrogens is 381 g/mol. The van der Waals surface area contributed by atoms with Crippen LogP contribution < -0.4 is 0 Å². The summed E-state index contributed by atoms with van der Waals surface area (Å²) in [5.74, 6) is -0.179. The number of carbonyl (C=O) groups excluding carboxylic acids is 2. The topological polar surface area (TPSA) is 43.9 Å². The predicted octanol–water partition coefficient (Wildman–Crippen LogP) is 3.19. The fourth-order valence-corrected chi connectivity index (χ4v) is 4.24. The minimum Gasteiger partial charge on any atom is -0.342 e. The van der Waals surface area contributed by atoms with Crippen LogP contribution in [-0.4, -0.2) is 72.3 Å². The number of hydrogen-bond donors (Lipinski definition) is 0. The van der Waals surface area contributed by atoms with Crippen molar-refractivity contribution in [3.63, 3.8) is 0 Å². The van der Waals surface area contributed by atoms with E-state index in [1.54, 1.807) is 12.1 Å². The molecule has 166 valence electrons. The van der Waals surface area contributed by atoms with Gasteiger partial charge in [0, 0.05) is 39.3 Å². The van der Waals surface area contributed by atoms with Gasteiger partial charge in [-0.25, -0.2) is 4.39 Å². The number of piperidine rings is 1. The number of nitrogens with zero attached hydrogens (tertiary/aromatic N) is 3. The molecule has 0 saturated carbocycles. The highest BCUT2D eigenvalue weighted by atomic mass is 19.1. The molecule has 5 nitrogen and oxygen atoms in total. The summed E-state index contributed by atoms with van der Waals surface area (Å²) in [6.07, 6.45) is 3.13. The molecule has 2 heterocycles. The van der Waals surface area contributed by atoms with Gasteiger partial charge < -0.3 is 9.80 Å². The third-order valence-corrected chi connectivity index (χ3v) is 6.25. The van der Waals surface area contributed by atoms with Crippen molar-refractivity contribution in [2.75, 3.05) is 45.8 Å². The van der Waals surface area contributed by atoms with Gasteiger partial charge in [-0.05, 0) is 48.9 Å². The molecule has 6 heteroatoms. The largest absolute Gasteiger partial charge is 0.342 e. The Labute approximate surface area is 180 Å². The van der Waals surface area contributed by atoms with E-state index in [2.05, 4.69) is 25.7 Å². The Kier molecular flexibility index (Phi) is 7.50. The zero-order valence-corrected chi connectivity index (χ0v) is 18.7. The number of amides is 2. The number of likely N-dealkylation sites (tertiary alicyclic amines) is 1. The number of hydrogen-bond acceptors (Lipinski definition) is 3. The van der Waals surface area contributed by atoms with Gasteiger partial charge in [0.2, 0.25) is 11.8 Å². The predicted molar refractivity (Wildman–Crippen MR) is 117 cm³/mol. The van der Waals surface area contributed by atoms with Crippen LogP contribution in [0.5, 0.6) is 0 Å². The van der Waals surface area contributed by atoms with E-state index in [-0.39, 0.29) is 30.0 Å². The summed E-state index contributed by atoms with van der Waals surface area (Å²) in [6, 6.07) is 6.07. The second-order valence-corrected chi connectivity index (χ2v) is 9.96. The molecule has 0 aliphatic carbocycles. The van der Waals surface area contributed by atoms with Gasteiger partial charge in [-0.15, -0.1) is 0 Å². The highest BCUT2D eigenvalue weighted by Gasteiger charge is 2.32. The molecule has 1 aromatic rings. The van der Waals surface area contributed by atoms with E-state index in [9.17, 15) is 14.0 Å². The molecule has 1 atom stereocenters. The second kappa shape index (κ2) is 9.90. The van der Waals surface area contributed by atoms with Gasteiger partial charge >= 0.3 is 0 Å². The Hall–Kier alpha value is -1.95. The van der Waals surface area contributed by atoms with Crippen molar-refractivity contribution in [1.82, 2.24) is 14.7 Å². The first-order valence-electron chi connectivity index (χ1n) is 11.2. The minimum atomic E-state index is -0.298. The highest BCUT2D eigenvalue weighted by molar-refractivity contribution is 5.82. The van der Waals surface area contributed by atoms with E-state index >= 15 is 0 Å². The average Bonchev–Trinajstić information content (AvgIpc) is 2.73. The number of benzene rings is 1. The third-order valence-electron chi connectivity index (χ3n) is 6.25. The number of halogens is 1. The van der Waals surface area contributed by atoms with Gasteiger partial charge in [0.1, 0.15) is 5.82 Å². The smallest absolute Gasteiger partial charge is 0.227 e. The Morgan fingerprint density at radius 1 is 1.00 bits per heavy atom. The lowest BCUT2D eigenvalue weighted by atomic mass is 9.92. The third kappa shape index (κ3) is 6.53. The molecule has 1 unspecified atom stereocenters. The molecule has 2 aliphatic heterocycles. The summed E-state index contributed by atoms with van der Waals surface area (Å²) in [6.45, 7) is 12.5. The molecule has 0 aromatic heterocycles. The average molecular weight is 418 g/mol.